The minimum Gasteiger partial charge on any atom is -0.361 e. The van der Waals surface area contributed by atoms with Crippen LogP contribution in [-0.2, 0) is 11.8 Å². The highest BCUT2D eigenvalue weighted by molar-refractivity contribution is 6.00. The van der Waals surface area contributed by atoms with Gasteiger partial charge in [-0.15, -0.1) is 0 Å². The summed E-state index contributed by atoms with van der Waals surface area (Å²) in [7, 11) is 0. The molecule has 0 aromatic carbocycles. The largest absolute Gasteiger partial charge is 0.361 e. The molecule has 1 amide bonds. The predicted octanol–water partition coefficient (Wildman–Crippen LogP) is 3.84. The fourth-order valence-electron chi connectivity index (χ4n) is 6.24. The summed E-state index contributed by atoms with van der Waals surface area (Å²) in [5.74, 6) is 2.56. The Bertz CT molecular complexity index is 1140. The summed E-state index contributed by atoms with van der Waals surface area (Å²) in [5, 5.41) is 11.9. The Balaban J connectivity index is 0.966. The topological polar surface area (TPSA) is 75.7 Å². The summed E-state index contributed by atoms with van der Waals surface area (Å²) >= 11 is 0. The molecule has 1 saturated heterocycles. The number of aryl methyl sites for hydroxylation is 1. The van der Waals surface area contributed by atoms with Gasteiger partial charge in [-0.2, -0.15) is 5.10 Å². The van der Waals surface area contributed by atoms with Gasteiger partial charge < -0.3 is 14.7 Å². The first-order valence-electron chi connectivity index (χ1n) is 12.6. The van der Waals surface area contributed by atoms with E-state index >= 15 is 0 Å². The normalized spacial score (nSPS) is 29.3. The van der Waals surface area contributed by atoms with Crippen molar-refractivity contribution in [3.8, 4) is 0 Å². The van der Waals surface area contributed by atoms with Gasteiger partial charge in [-0.1, -0.05) is 12.1 Å². The van der Waals surface area contributed by atoms with Gasteiger partial charge in [0.1, 0.15) is 5.76 Å². The van der Waals surface area contributed by atoms with E-state index < -0.39 is 0 Å². The van der Waals surface area contributed by atoms with E-state index in [-0.39, 0.29) is 17.4 Å². The fraction of sp³-hybridized carbons (Fsp3) is 0.577. The summed E-state index contributed by atoms with van der Waals surface area (Å²) < 4.78 is 7.24. The molecule has 2 atom stereocenters. The molecule has 7 nitrogen and oxygen atoms in total. The summed E-state index contributed by atoms with van der Waals surface area (Å²) in [4.78, 5) is 15.5. The average molecular weight is 448 g/mol. The van der Waals surface area contributed by atoms with Crippen LogP contribution in [0.5, 0.6) is 0 Å². The van der Waals surface area contributed by atoms with Gasteiger partial charge in [-0.25, -0.2) is 4.52 Å². The van der Waals surface area contributed by atoms with E-state index in [4.69, 9.17) is 4.52 Å². The van der Waals surface area contributed by atoms with E-state index in [9.17, 15) is 4.79 Å². The second kappa shape index (κ2) is 8.28. The third kappa shape index (κ3) is 3.86. The van der Waals surface area contributed by atoms with Crippen molar-refractivity contribution in [1.29, 1.82) is 0 Å². The quantitative estimate of drug-likeness (QED) is 0.596. The Morgan fingerprint density at radius 3 is 2.97 bits per heavy atom. The van der Waals surface area contributed by atoms with Crippen LogP contribution in [0.4, 0.5) is 0 Å². The molecular formula is C26H33N5O2. The van der Waals surface area contributed by atoms with Crippen LogP contribution >= 0.6 is 0 Å². The number of fused-ring (bicyclic) bond motifs is 2. The number of hydrogen-bond acceptors (Lipinski definition) is 5. The minimum absolute atomic E-state index is 0.0187. The van der Waals surface area contributed by atoms with Crippen LogP contribution in [0, 0.1) is 11.8 Å². The van der Waals surface area contributed by atoms with E-state index in [1.807, 2.05) is 24.4 Å². The highest BCUT2D eigenvalue weighted by atomic mass is 16.5. The van der Waals surface area contributed by atoms with E-state index in [0.717, 1.165) is 48.9 Å². The van der Waals surface area contributed by atoms with Gasteiger partial charge in [-0.05, 0) is 75.1 Å². The molecule has 3 aliphatic rings. The summed E-state index contributed by atoms with van der Waals surface area (Å²) in [6.07, 6.45) is 11.6. The molecule has 3 aromatic rings. The molecule has 2 saturated carbocycles. The zero-order valence-corrected chi connectivity index (χ0v) is 19.4. The zero-order chi connectivity index (χ0) is 22.4. The predicted molar refractivity (Wildman–Crippen MR) is 125 cm³/mol. The highest BCUT2D eigenvalue weighted by Crippen LogP contribution is 2.58. The average Bonchev–Trinajstić information content (AvgIpc) is 3.28. The molecule has 2 aliphatic carbocycles. The SMILES string of the molecule is CCc1cc([C@]23C[C@H]2CN(CC[C@H]2CC[C@H](NC(=O)c4cccn5nccc45)CC2)C3)no1. The summed E-state index contributed by atoms with van der Waals surface area (Å²) in [5.41, 5.74) is 3.03. The molecule has 4 heterocycles. The van der Waals surface area contributed by atoms with Gasteiger partial charge in [-0.3, -0.25) is 4.79 Å². The number of rotatable bonds is 7. The molecule has 1 aliphatic heterocycles. The third-order valence-electron chi connectivity index (χ3n) is 8.35. The molecule has 3 aromatic heterocycles. The van der Waals surface area contributed by atoms with Crippen molar-refractivity contribution in [1.82, 2.24) is 25.0 Å². The number of carbonyl (C=O) groups excluding carboxylic acids is 1. The van der Waals surface area contributed by atoms with Crippen LogP contribution in [-0.4, -0.2) is 51.3 Å². The number of likely N-dealkylation sites (tertiary alicyclic amines) is 1. The molecule has 6 rings (SSSR count). The lowest BCUT2D eigenvalue weighted by Crippen LogP contribution is -2.38. The lowest BCUT2D eigenvalue weighted by atomic mass is 9.84. The molecule has 1 N–H and O–H groups in total. The fourth-order valence-corrected chi connectivity index (χ4v) is 6.24. The van der Waals surface area contributed by atoms with Crippen molar-refractivity contribution in [2.24, 2.45) is 11.8 Å². The first kappa shape index (κ1) is 20.9. The van der Waals surface area contributed by atoms with Gasteiger partial charge in [0.25, 0.3) is 5.91 Å². The second-order valence-corrected chi connectivity index (χ2v) is 10.4. The maximum atomic E-state index is 12.8. The van der Waals surface area contributed by atoms with Crippen molar-refractivity contribution < 1.29 is 9.32 Å². The molecule has 174 valence electrons. The highest BCUT2D eigenvalue weighted by Gasteiger charge is 2.62. The third-order valence-corrected chi connectivity index (χ3v) is 8.35. The Hall–Kier alpha value is -2.67. The standard InChI is InChI=1S/C26H33N5O2/c1-2-21-14-24(29-33-21)26-15-19(26)16-30(17-26)13-10-18-5-7-20(8-6-18)28-25(32)22-4-3-12-31-23(22)9-11-27-31/h3-4,9,11-12,14,18-20H,2,5-8,10,13,15-17H2,1H3,(H,28,32)/t18-,19-,20-,26-/m0/s1. The Morgan fingerprint density at radius 2 is 2.15 bits per heavy atom. The number of hydrogen-bond donors (Lipinski definition) is 1. The lowest BCUT2D eigenvalue weighted by Gasteiger charge is -2.30. The zero-order valence-electron chi connectivity index (χ0n) is 19.4. The van der Waals surface area contributed by atoms with Gasteiger partial charge in [0, 0.05) is 43.2 Å². The number of amides is 1. The summed E-state index contributed by atoms with van der Waals surface area (Å²) in [6, 6.07) is 8.12. The van der Waals surface area contributed by atoms with E-state index in [1.165, 1.54) is 44.5 Å². The molecule has 7 heteroatoms. The smallest absolute Gasteiger partial charge is 0.253 e. The van der Waals surface area contributed by atoms with E-state index in [0.29, 0.717) is 5.56 Å². The van der Waals surface area contributed by atoms with Crippen LogP contribution in [0.3, 0.4) is 0 Å². The summed E-state index contributed by atoms with van der Waals surface area (Å²) in [6.45, 7) is 5.65. The molecule has 3 fully saturated rings. The maximum Gasteiger partial charge on any atom is 0.253 e. The van der Waals surface area contributed by atoms with E-state index in [2.05, 4.69) is 33.5 Å². The van der Waals surface area contributed by atoms with Crippen LogP contribution < -0.4 is 5.32 Å². The van der Waals surface area contributed by atoms with Crippen molar-refractivity contribution in [2.75, 3.05) is 19.6 Å². The number of nitrogens with one attached hydrogen (secondary N) is 1. The van der Waals surface area contributed by atoms with Gasteiger partial charge in [0.2, 0.25) is 0 Å². The van der Waals surface area contributed by atoms with Crippen molar-refractivity contribution in [3.63, 3.8) is 0 Å². The first-order chi connectivity index (χ1) is 16.1. The number of nitrogens with zero attached hydrogens (tertiary/aromatic N) is 4. The Morgan fingerprint density at radius 1 is 1.27 bits per heavy atom. The number of piperidine rings is 1. The molecule has 0 unspecified atom stereocenters. The van der Waals surface area contributed by atoms with Gasteiger partial charge in [0.15, 0.2) is 0 Å². The monoisotopic (exact) mass is 447 g/mol. The van der Waals surface area contributed by atoms with Gasteiger partial charge in [0.05, 0.1) is 23.0 Å². The van der Waals surface area contributed by atoms with E-state index in [1.54, 1.807) is 10.7 Å². The van der Waals surface area contributed by atoms with Crippen LogP contribution in [0.25, 0.3) is 5.52 Å². The van der Waals surface area contributed by atoms with Crippen molar-refractivity contribution in [3.05, 3.63) is 53.7 Å². The molecule has 0 spiro atoms. The second-order valence-electron chi connectivity index (χ2n) is 10.4. The van der Waals surface area contributed by atoms with Crippen LogP contribution in [0.15, 0.2) is 41.2 Å². The van der Waals surface area contributed by atoms with Gasteiger partial charge >= 0.3 is 0 Å². The molecular weight excluding hydrogens is 414 g/mol. The maximum absolute atomic E-state index is 12.8. The lowest BCUT2D eigenvalue weighted by molar-refractivity contribution is 0.0921. The molecule has 33 heavy (non-hydrogen) atoms. The minimum atomic E-state index is 0.0187. The number of pyridine rings is 1. The first-order valence-corrected chi connectivity index (χ1v) is 12.6. The Kier molecular flexibility index (Phi) is 5.24. The Labute approximate surface area is 194 Å². The molecule has 0 bridgehead atoms. The number of aromatic nitrogens is 3. The van der Waals surface area contributed by atoms with Crippen LogP contribution in [0.1, 0.15) is 67.3 Å². The number of carbonyl (C=O) groups is 1. The van der Waals surface area contributed by atoms with Crippen LogP contribution in [0.2, 0.25) is 0 Å². The molecule has 0 radical (unpaired) electrons. The van der Waals surface area contributed by atoms with Crippen molar-refractivity contribution in [2.45, 2.75) is 63.3 Å². The van der Waals surface area contributed by atoms with Crippen molar-refractivity contribution >= 4 is 11.4 Å².